The number of benzene rings is 4. The average molecular weight is 731 g/mol. The smallest absolute Gasteiger partial charge is 0.325 e. The second kappa shape index (κ2) is 12.5. The van der Waals surface area contributed by atoms with Crippen molar-refractivity contribution in [1.82, 2.24) is 19.6 Å². The molecule has 4 amide bonds. The van der Waals surface area contributed by atoms with Crippen LogP contribution in [0.15, 0.2) is 84.9 Å². The van der Waals surface area contributed by atoms with Gasteiger partial charge in [-0.05, 0) is 24.3 Å². The zero-order valence-corrected chi connectivity index (χ0v) is 29.8. The topological polar surface area (TPSA) is 152 Å². The maximum atomic E-state index is 15.6. The predicted octanol–water partition coefficient (Wildman–Crippen LogP) is 5.30. The van der Waals surface area contributed by atoms with E-state index in [9.17, 15) is 19.2 Å². The Morgan fingerprint density at radius 1 is 0.426 bits per heavy atom. The quantitative estimate of drug-likeness (QED) is 0.189. The van der Waals surface area contributed by atoms with E-state index >= 15 is 9.59 Å². The lowest BCUT2D eigenvalue weighted by Crippen LogP contribution is -2.62. The maximum absolute atomic E-state index is 15.6. The van der Waals surface area contributed by atoms with Crippen molar-refractivity contribution in [1.29, 1.82) is 0 Å². The molecule has 0 aliphatic carbocycles. The van der Waals surface area contributed by atoms with E-state index in [4.69, 9.17) is 18.9 Å². The van der Waals surface area contributed by atoms with Crippen molar-refractivity contribution in [2.45, 2.75) is 65.2 Å². The van der Waals surface area contributed by atoms with Crippen LogP contribution in [0.3, 0.4) is 0 Å². The molecule has 4 aromatic carbocycles. The number of hydrogen-bond donors (Lipinski definition) is 0. The Labute approximate surface area is 309 Å². The summed E-state index contributed by atoms with van der Waals surface area (Å²) in [5.74, 6) is -1.88. The number of carbonyl (C=O) groups is 6. The van der Waals surface area contributed by atoms with Gasteiger partial charge >= 0.3 is 35.9 Å². The minimum absolute atomic E-state index is 0.138. The van der Waals surface area contributed by atoms with E-state index < -0.39 is 47.3 Å². The van der Waals surface area contributed by atoms with Crippen LogP contribution in [-0.4, -0.2) is 55.5 Å². The second-order valence-corrected chi connectivity index (χ2v) is 13.4. The van der Waals surface area contributed by atoms with Gasteiger partial charge in [-0.25, -0.2) is 9.59 Å². The van der Waals surface area contributed by atoms with Crippen LogP contribution in [0.2, 0.25) is 0 Å². The molecule has 14 heteroatoms. The third-order valence-corrected chi connectivity index (χ3v) is 10.3. The van der Waals surface area contributed by atoms with E-state index in [1.165, 1.54) is 52.0 Å². The fourth-order valence-electron chi connectivity index (χ4n) is 8.61. The largest absolute Gasteiger partial charge is 0.426 e. The number of esters is 4. The number of ether oxygens (including phenoxy) is 4. The molecule has 4 heterocycles. The summed E-state index contributed by atoms with van der Waals surface area (Å²) in [5.41, 5.74) is -0.587. The number of hydrogen-bond acceptors (Lipinski definition) is 10. The molecule has 2 fully saturated rings. The highest BCUT2D eigenvalue weighted by atomic mass is 16.5. The van der Waals surface area contributed by atoms with Gasteiger partial charge in [0.15, 0.2) is 11.3 Å². The summed E-state index contributed by atoms with van der Waals surface area (Å²) in [7, 11) is 0. The minimum Gasteiger partial charge on any atom is -0.426 e. The maximum Gasteiger partial charge on any atom is 0.325 e. The molecular formula is C40H34N4O10. The normalized spacial score (nSPS) is 20.7. The number of nitrogens with zero attached hydrogens (tertiary/aromatic N) is 4. The van der Waals surface area contributed by atoms with Gasteiger partial charge in [0, 0.05) is 61.1 Å². The standard InChI is InChI=1S/C40H34N4O10/c1-23(45)51-33-15-16-34(52-24(2)46)30-20-42-38(50)44-22-32-31(35(53-25(3)47)17-18-36(32)54-26(4)48)21-43-37(49)41(19-29(30)33)39(42,27-11-7-5-8-12-27)40(43,44)28-13-9-6-10-14-28/h5-18H,19-22H2,1-4H3. The molecule has 0 unspecified atom stereocenters. The first kappa shape index (κ1) is 34.4. The summed E-state index contributed by atoms with van der Waals surface area (Å²) in [4.78, 5) is 87.3. The Balaban J connectivity index is 1.49. The monoisotopic (exact) mass is 730 g/mol. The SMILES string of the molecule is CC(=O)Oc1ccc(OC(C)=O)c2c1CN1C(=O)N3Cc4c(OC(C)=O)ccc(OC(C)=O)c4CN4C(=O)N(C2)C1(c1ccccc1)C34c1ccccc1. The van der Waals surface area contributed by atoms with Gasteiger partial charge in [-0.3, -0.25) is 38.8 Å². The third-order valence-electron chi connectivity index (χ3n) is 10.3. The van der Waals surface area contributed by atoms with E-state index in [1.807, 2.05) is 60.7 Å². The fourth-order valence-corrected chi connectivity index (χ4v) is 8.61. The number of rotatable bonds is 6. The third kappa shape index (κ3) is 4.79. The van der Waals surface area contributed by atoms with Gasteiger partial charge in [-0.2, -0.15) is 0 Å². The predicted molar refractivity (Wildman–Crippen MR) is 187 cm³/mol. The molecule has 0 atom stereocenters. The van der Waals surface area contributed by atoms with Crippen LogP contribution in [0.4, 0.5) is 9.59 Å². The highest BCUT2D eigenvalue weighted by Gasteiger charge is 2.81. The van der Waals surface area contributed by atoms with Gasteiger partial charge in [0.05, 0.1) is 26.2 Å². The van der Waals surface area contributed by atoms with Crippen LogP contribution in [0.1, 0.15) is 61.1 Å². The molecule has 54 heavy (non-hydrogen) atoms. The van der Waals surface area contributed by atoms with E-state index in [1.54, 1.807) is 19.6 Å². The average Bonchev–Trinajstić information content (AvgIpc) is 3.29. The molecule has 0 saturated carbocycles. The zero-order chi connectivity index (χ0) is 38.1. The first-order chi connectivity index (χ1) is 25.9. The van der Waals surface area contributed by atoms with E-state index in [2.05, 4.69) is 0 Å². The number of amides is 4. The summed E-state index contributed by atoms with van der Waals surface area (Å²) in [6.45, 7) is 4.30. The molecule has 8 rings (SSSR count). The summed E-state index contributed by atoms with van der Waals surface area (Å²) >= 11 is 0. The number of carbonyl (C=O) groups excluding carboxylic acids is 6. The molecule has 0 N–H and O–H groups in total. The Morgan fingerprint density at radius 3 is 0.889 bits per heavy atom. The first-order valence-electron chi connectivity index (χ1n) is 17.2. The Kier molecular flexibility index (Phi) is 7.94. The van der Waals surface area contributed by atoms with E-state index in [0.717, 1.165) is 0 Å². The summed E-state index contributed by atoms with van der Waals surface area (Å²) < 4.78 is 22.7. The zero-order valence-electron chi connectivity index (χ0n) is 29.8. The molecule has 4 aliphatic heterocycles. The highest BCUT2D eigenvalue weighted by molar-refractivity contribution is 5.91. The lowest BCUT2D eigenvalue weighted by molar-refractivity contribution is -0.133. The van der Waals surface area contributed by atoms with Crippen molar-refractivity contribution in [3.63, 3.8) is 0 Å². The van der Waals surface area contributed by atoms with Crippen molar-refractivity contribution in [3.05, 3.63) is 118 Å². The lowest BCUT2D eigenvalue weighted by Gasteiger charge is -2.49. The molecular weight excluding hydrogens is 696 g/mol. The van der Waals surface area contributed by atoms with Crippen molar-refractivity contribution >= 4 is 35.9 Å². The second-order valence-electron chi connectivity index (χ2n) is 13.4. The lowest BCUT2D eigenvalue weighted by atomic mass is 9.79. The van der Waals surface area contributed by atoms with Crippen LogP contribution < -0.4 is 18.9 Å². The van der Waals surface area contributed by atoms with Gasteiger partial charge in [0.1, 0.15) is 23.0 Å². The van der Waals surface area contributed by atoms with Crippen LogP contribution >= 0.6 is 0 Å². The van der Waals surface area contributed by atoms with Crippen LogP contribution in [0, 0.1) is 0 Å². The fraction of sp³-hybridized carbons (Fsp3) is 0.250. The van der Waals surface area contributed by atoms with Crippen LogP contribution in [-0.2, 0) is 56.7 Å². The molecule has 14 nitrogen and oxygen atoms in total. The Bertz CT molecular complexity index is 2020. The molecule has 4 aliphatic rings. The van der Waals surface area contributed by atoms with Crippen molar-refractivity contribution in [2.75, 3.05) is 0 Å². The van der Waals surface area contributed by atoms with Crippen molar-refractivity contribution in [3.8, 4) is 23.0 Å². The molecule has 0 bridgehead atoms. The molecule has 2 saturated heterocycles. The highest BCUT2D eigenvalue weighted by Crippen LogP contribution is 2.66. The molecule has 4 aromatic rings. The van der Waals surface area contributed by atoms with E-state index in [0.29, 0.717) is 33.4 Å². The van der Waals surface area contributed by atoms with Gasteiger partial charge in [-0.15, -0.1) is 0 Å². The summed E-state index contributed by atoms with van der Waals surface area (Å²) in [6, 6.07) is 23.3. The molecule has 0 spiro atoms. The van der Waals surface area contributed by atoms with Gasteiger partial charge < -0.3 is 18.9 Å². The van der Waals surface area contributed by atoms with Crippen molar-refractivity contribution in [2.24, 2.45) is 0 Å². The number of fused-ring (bicyclic) bond motifs is 2. The molecule has 0 aromatic heterocycles. The Hall–Kier alpha value is -6.70. The summed E-state index contributed by atoms with van der Waals surface area (Å²) in [5, 5.41) is 0. The van der Waals surface area contributed by atoms with E-state index in [-0.39, 0.29) is 49.2 Å². The van der Waals surface area contributed by atoms with Gasteiger partial charge in [0.2, 0.25) is 0 Å². The van der Waals surface area contributed by atoms with Crippen molar-refractivity contribution < 1.29 is 47.7 Å². The molecule has 0 radical (unpaired) electrons. The number of urea groups is 2. The Morgan fingerprint density at radius 2 is 0.667 bits per heavy atom. The first-order valence-corrected chi connectivity index (χ1v) is 17.2. The summed E-state index contributed by atoms with van der Waals surface area (Å²) in [6.07, 6.45) is 0. The van der Waals surface area contributed by atoms with Crippen LogP contribution in [0.25, 0.3) is 0 Å². The molecule has 274 valence electrons. The van der Waals surface area contributed by atoms with Gasteiger partial charge in [-0.1, -0.05) is 60.7 Å². The minimum atomic E-state index is -1.63. The van der Waals surface area contributed by atoms with Gasteiger partial charge in [0.25, 0.3) is 0 Å². The van der Waals surface area contributed by atoms with Crippen LogP contribution in [0.5, 0.6) is 23.0 Å².